The molecule has 0 saturated heterocycles. The van der Waals surface area contributed by atoms with Gasteiger partial charge in [-0.2, -0.15) is 5.11 Å². The first-order valence-corrected chi connectivity index (χ1v) is 10.8. The molecule has 1 N–H and O–H groups in total. The van der Waals surface area contributed by atoms with Crippen molar-refractivity contribution in [2.24, 2.45) is 10.2 Å². The first-order valence-electron chi connectivity index (χ1n) is 10.8. The second kappa shape index (κ2) is 12.1. The van der Waals surface area contributed by atoms with Crippen LogP contribution in [0.5, 0.6) is 11.5 Å². The molecule has 36 heavy (non-hydrogen) atoms. The number of nitrogens with zero attached hydrogens (tertiary/aromatic N) is 2. The van der Waals surface area contributed by atoms with Gasteiger partial charge in [0.15, 0.2) is 5.78 Å². The molecule has 0 aliphatic carbocycles. The number of esters is 2. The average Bonchev–Trinajstić information content (AvgIpc) is 2.90. The van der Waals surface area contributed by atoms with Gasteiger partial charge in [0.05, 0.1) is 23.9 Å². The third-order valence-electron chi connectivity index (χ3n) is 4.85. The summed E-state index contributed by atoms with van der Waals surface area (Å²) >= 11 is 0. The molecule has 0 radical (unpaired) electrons. The fraction of sp³-hybridized carbons (Fsp3) is 0.148. The highest BCUT2D eigenvalue weighted by Gasteiger charge is 2.17. The van der Waals surface area contributed by atoms with E-state index in [1.807, 2.05) is 0 Å². The van der Waals surface area contributed by atoms with Gasteiger partial charge >= 0.3 is 11.9 Å². The van der Waals surface area contributed by atoms with Crippen LogP contribution in [0.2, 0.25) is 0 Å². The van der Waals surface area contributed by atoms with E-state index in [2.05, 4.69) is 16.8 Å². The molecular weight excluding hydrogens is 464 g/mol. The molecule has 0 heterocycles. The van der Waals surface area contributed by atoms with Gasteiger partial charge in [0.2, 0.25) is 0 Å². The highest BCUT2D eigenvalue weighted by atomic mass is 16.6. The van der Waals surface area contributed by atoms with Crippen molar-refractivity contribution in [2.75, 3.05) is 20.3 Å². The highest BCUT2D eigenvalue weighted by molar-refractivity contribution is 6.11. The summed E-state index contributed by atoms with van der Waals surface area (Å²) in [6.45, 7) is 4.82. The van der Waals surface area contributed by atoms with E-state index < -0.39 is 11.9 Å². The Morgan fingerprint density at radius 1 is 0.889 bits per heavy atom. The van der Waals surface area contributed by atoms with Crippen LogP contribution in [0.25, 0.3) is 0 Å². The number of ether oxygens (including phenoxy) is 3. The Morgan fingerprint density at radius 3 is 2.19 bits per heavy atom. The highest BCUT2D eigenvalue weighted by Crippen LogP contribution is 2.36. The molecule has 0 aliphatic rings. The van der Waals surface area contributed by atoms with Crippen molar-refractivity contribution in [2.45, 2.75) is 6.92 Å². The van der Waals surface area contributed by atoms with Gasteiger partial charge in [-0.1, -0.05) is 36.9 Å². The van der Waals surface area contributed by atoms with Crippen molar-refractivity contribution < 1.29 is 33.7 Å². The number of hydrogen-bond acceptors (Lipinski definition) is 9. The number of phenolic OH excluding ortho intramolecular Hbond substituents is 1. The SMILES string of the molecule is C=C(C)C(=O)OCCOC(=O)c1ccc(N=Nc2cc(C(=O)c3ccccc3)c(O)cc2OC)cc1. The normalized spacial score (nSPS) is 10.6. The van der Waals surface area contributed by atoms with E-state index in [0.29, 0.717) is 11.3 Å². The van der Waals surface area contributed by atoms with Crippen LogP contribution in [0, 0.1) is 0 Å². The molecular formula is C27H24N2O7. The van der Waals surface area contributed by atoms with Gasteiger partial charge in [0.25, 0.3) is 0 Å². The van der Waals surface area contributed by atoms with Crippen LogP contribution in [-0.4, -0.2) is 43.2 Å². The maximum Gasteiger partial charge on any atom is 0.338 e. The Labute approximate surface area is 207 Å². The first kappa shape index (κ1) is 25.8. The van der Waals surface area contributed by atoms with Gasteiger partial charge in [-0.05, 0) is 37.3 Å². The third kappa shape index (κ3) is 6.63. The lowest BCUT2D eigenvalue weighted by molar-refractivity contribution is -0.140. The number of methoxy groups -OCH3 is 1. The van der Waals surface area contributed by atoms with Crippen LogP contribution < -0.4 is 4.74 Å². The predicted molar refractivity (Wildman–Crippen MR) is 131 cm³/mol. The second-order valence-corrected chi connectivity index (χ2v) is 7.54. The molecule has 9 nitrogen and oxygen atoms in total. The van der Waals surface area contributed by atoms with E-state index >= 15 is 0 Å². The minimum Gasteiger partial charge on any atom is -0.507 e. The maximum atomic E-state index is 12.8. The Hall–Kier alpha value is -4.79. The smallest absolute Gasteiger partial charge is 0.338 e. The number of ketones is 1. The number of benzene rings is 3. The molecule has 0 aliphatic heterocycles. The molecule has 0 fully saturated rings. The quantitative estimate of drug-likeness (QED) is 0.135. The minimum atomic E-state index is -0.589. The zero-order valence-electron chi connectivity index (χ0n) is 19.8. The van der Waals surface area contributed by atoms with Crippen molar-refractivity contribution in [3.8, 4) is 11.5 Å². The lowest BCUT2D eigenvalue weighted by atomic mass is 10.0. The van der Waals surface area contributed by atoms with Gasteiger partial charge in [-0.3, -0.25) is 4.79 Å². The summed E-state index contributed by atoms with van der Waals surface area (Å²) in [7, 11) is 1.41. The molecule has 0 atom stereocenters. The number of carbonyl (C=O) groups excluding carboxylic acids is 3. The monoisotopic (exact) mass is 488 g/mol. The fourth-order valence-corrected chi connectivity index (χ4v) is 2.98. The summed E-state index contributed by atoms with van der Waals surface area (Å²) in [5.41, 5.74) is 1.67. The molecule has 9 heteroatoms. The van der Waals surface area contributed by atoms with E-state index in [0.717, 1.165) is 0 Å². The Morgan fingerprint density at radius 2 is 1.56 bits per heavy atom. The van der Waals surface area contributed by atoms with Crippen LogP contribution >= 0.6 is 0 Å². The summed E-state index contributed by atoms with van der Waals surface area (Å²) in [5.74, 6) is -1.52. The van der Waals surface area contributed by atoms with E-state index in [1.165, 1.54) is 38.3 Å². The molecule has 184 valence electrons. The number of aromatic hydroxyl groups is 1. The van der Waals surface area contributed by atoms with Crippen molar-refractivity contribution in [3.63, 3.8) is 0 Å². The van der Waals surface area contributed by atoms with Crippen molar-refractivity contribution in [1.29, 1.82) is 0 Å². The number of hydrogen-bond donors (Lipinski definition) is 1. The average molecular weight is 488 g/mol. The summed E-state index contributed by atoms with van der Waals surface area (Å²) in [6, 6.07) is 17.4. The lowest BCUT2D eigenvalue weighted by Gasteiger charge is -2.09. The Kier molecular flexibility index (Phi) is 8.66. The van der Waals surface area contributed by atoms with Crippen LogP contribution in [-0.2, 0) is 14.3 Å². The Balaban J connectivity index is 1.69. The number of rotatable bonds is 10. The molecule has 0 bridgehead atoms. The molecule has 3 aromatic rings. The molecule has 0 spiro atoms. The molecule has 0 unspecified atom stereocenters. The topological polar surface area (TPSA) is 124 Å². The van der Waals surface area contributed by atoms with Gasteiger partial charge in [-0.15, -0.1) is 5.11 Å². The van der Waals surface area contributed by atoms with E-state index in [4.69, 9.17) is 14.2 Å². The summed E-state index contributed by atoms with van der Waals surface area (Å²) in [4.78, 5) is 36.3. The molecule has 0 aromatic heterocycles. The van der Waals surface area contributed by atoms with Gasteiger partial charge in [0, 0.05) is 17.2 Å². The molecule has 3 rings (SSSR count). The van der Waals surface area contributed by atoms with Crippen molar-refractivity contribution >= 4 is 29.1 Å². The predicted octanol–water partition coefficient (Wildman–Crippen LogP) is 5.32. The molecule has 0 amide bonds. The zero-order valence-corrected chi connectivity index (χ0v) is 19.8. The number of phenols is 1. The van der Waals surface area contributed by atoms with Crippen LogP contribution in [0.15, 0.2) is 89.1 Å². The lowest BCUT2D eigenvalue weighted by Crippen LogP contribution is -2.14. The maximum absolute atomic E-state index is 12.8. The van der Waals surface area contributed by atoms with E-state index in [9.17, 15) is 19.5 Å². The van der Waals surface area contributed by atoms with Crippen LogP contribution in [0.3, 0.4) is 0 Å². The van der Waals surface area contributed by atoms with Gasteiger partial charge in [-0.25, -0.2) is 9.59 Å². The summed E-state index contributed by atoms with van der Waals surface area (Å²) < 4.78 is 15.2. The first-order chi connectivity index (χ1) is 17.3. The Bertz CT molecular complexity index is 1300. The third-order valence-corrected chi connectivity index (χ3v) is 4.85. The summed E-state index contributed by atoms with van der Waals surface area (Å²) in [6.07, 6.45) is 0. The largest absolute Gasteiger partial charge is 0.507 e. The second-order valence-electron chi connectivity index (χ2n) is 7.54. The number of azo groups is 1. The van der Waals surface area contributed by atoms with Gasteiger partial charge < -0.3 is 19.3 Å². The van der Waals surface area contributed by atoms with Crippen LogP contribution in [0.1, 0.15) is 33.2 Å². The van der Waals surface area contributed by atoms with Crippen molar-refractivity contribution in [1.82, 2.24) is 0 Å². The van der Waals surface area contributed by atoms with Crippen molar-refractivity contribution in [3.05, 3.63) is 95.6 Å². The molecule has 3 aromatic carbocycles. The van der Waals surface area contributed by atoms with Gasteiger partial charge in [0.1, 0.15) is 30.4 Å². The van der Waals surface area contributed by atoms with Crippen LogP contribution in [0.4, 0.5) is 11.4 Å². The molecule has 0 saturated carbocycles. The standard InChI is InChI=1S/C27H24N2O7/c1-17(2)26(32)35-13-14-36-27(33)19-9-11-20(12-10-19)28-29-22-15-21(23(30)16-24(22)34-3)25(31)18-7-5-4-6-8-18/h4-12,15-16,30H,1,13-14H2,2-3H3. The number of carbonyl (C=O) groups is 3. The van der Waals surface area contributed by atoms with E-state index in [1.54, 1.807) is 42.5 Å². The minimum absolute atomic E-state index is 0.0583. The summed E-state index contributed by atoms with van der Waals surface area (Å²) in [5, 5.41) is 18.6. The zero-order chi connectivity index (χ0) is 26.1. The van der Waals surface area contributed by atoms with E-state index in [-0.39, 0.29) is 52.9 Å². The fourth-order valence-electron chi connectivity index (χ4n) is 2.98.